The zero-order valence-electron chi connectivity index (χ0n) is 23.6. The number of carbonyl (C=O) groups is 3. The highest BCUT2D eigenvalue weighted by Gasteiger charge is 2.40. The smallest absolute Gasteiger partial charge is 0.434 e. The largest absolute Gasteiger partial charge is 0.483 e. The number of pyridine rings is 1. The quantitative estimate of drug-likeness (QED) is 0.322. The van der Waals surface area contributed by atoms with Crippen LogP contribution in [0.3, 0.4) is 0 Å². The fourth-order valence-corrected chi connectivity index (χ4v) is 5.85. The van der Waals surface area contributed by atoms with Crippen molar-refractivity contribution < 1.29 is 45.7 Å². The molecule has 2 aromatic rings. The van der Waals surface area contributed by atoms with E-state index in [0.29, 0.717) is 13.1 Å². The number of carbonyl (C=O) groups excluding carboxylic acids is 2. The number of aromatic nitrogens is 1. The number of amides is 2. The van der Waals surface area contributed by atoms with Gasteiger partial charge in [0.2, 0.25) is 5.92 Å². The van der Waals surface area contributed by atoms with Crippen molar-refractivity contribution in [3.63, 3.8) is 0 Å². The van der Waals surface area contributed by atoms with E-state index < -0.39 is 63.6 Å². The molecule has 0 unspecified atom stereocenters. The van der Waals surface area contributed by atoms with Crippen LogP contribution in [-0.4, -0.2) is 70.9 Å². The van der Waals surface area contributed by atoms with E-state index in [1.807, 2.05) is 0 Å². The molecule has 1 aromatic heterocycles. The zero-order chi connectivity index (χ0) is 32.9. The van der Waals surface area contributed by atoms with Gasteiger partial charge in [-0.1, -0.05) is 6.07 Å². The van der Waals surface area contributed by atoms with Gasteiger partial charge >= 0.3 is 6.18 Å². The lowest BCUT2D eigenvalue weighted by Crippen LogP contribution is -2.46. The SMILES string of the molecule is Cc1c(C#N)c(C(F)(F)F)nc(N2CCCC(F)(F)CC2)c1C(=O)Nc1cccc([S@@](C)(=O)=NC(=O)C2CNC2)c1.O=CO. The van der Waals surface area contributed by atoms with Crippen LogP contribution >= 0.6 is 0 Å². The molecule has 1 aromatic carbocycles. The first-order valence-corrected chi connectivity index (χ1v) is 15.1. The molecule has 0 radical (unpaired) electrons. The Labute approximate surface area is 249 Å². The van der Waals surface area contributed by atoms with Crippen LogP contribution in [0.5, 0.6) is 0 Å². The van der Waals surface area contributed by atoms with Crippen molar-refractivity contribution in [2.24, 2.45) is 10.3 Å². The van der Waals surface area contributed by atoms with Crippen LogP contribution in [0.15, 0.2) is 33.5 Å². The molecule has 11 nitrogen and oxygen atoms in total. The molecule has 0 aliphatic carbocycles. The number of rotatable bonds is 5. The maximum Gasteiger partial charge on any atom is 0.434 e. The Morgan fingerprint density at radius 1 is 1.27 bits per heavy atom. The summed E-state index contributed by atoms with van der Waals surface area (Å²) in [6.07, 6.45) is -4.94. The summed E-state index contributed by atoms with van der Waals surface area (Å²) in [5, 5.41) is 21.9. The summed E-state index contributed by atoms with van der Waals surface area (Å²) in [6, 6.07) is 7.12. The highest BCUT2D eigenvalue weighted by Crippen LogP contribution is 2.38. The second-order valence-corrected chi connectivity index (χ2v) is 12.4. The van der Waals surface area contributed by atoms with Crippen LogP contribution in [0, 0.1) is 24.2 Å². The highest BCUT2D eigenvalue weighted by atomic mass is 32.2. The molecule has 1 atom stereocenters. The third kappa shape index (κ3) is 8.05. The van der Waals surface area contributed by atoms with Crippen molar-refractivity contribution in [3.05, 3.63) is 46.6 Å². The molecule has 0 saturated carbocycles. The van der Waals surface area contributed by atoms with Gasteiger partial charge in [-0.15, -0.1) is 0 Å². The first-order valence-electron chi connectivity index (χ1n) is 13.1. The molecule has 238 valence electrons. The Kier molecular flexibility index (Phi) is 10.6. The Balaban J connectivity index is 0.00000169. The molecule has 2 amide bonds. The number of benzene rings is 1. The van der Waals surface area contributed by atoms with Crippen molar-refractivity contribution in [2.75, 3.05) is 42.7 Å². The number of anilines is 2. The average Bonchev–Trinajstić information content (AvgIpc) is 3.07. The fourth-order valence-electron chi connectivity index (χ4n) is 4.57. The van der Waals surface area contributed by atoms with Crippen molar-refractivity contribution >= 4 is 39.5 Å². The standard InChI is InChI=1S/C26H27F5N6O3S.CH2O2/c1-15-19(12-32)21(26(29,30)31)35-22(37-9-4-7-25(27,28)8-10-37)20(15)24(39)34-17-5-3-6-18(11-17)41(2,40)36-23(38)16-13-33-14-16;2-1-3/h3,5-6,11,16,33H,4,7-10,13-14H2,1-2H3,(H,34,39);1H,(H,2,3)/t41-;/m1./s1. The summed E-state index contributed by atoms with van der Waals surface area (Å²) in [7, 11) is -3.20. The second-order valence-electron chi connectivity index (χ2n) is 10.1. The molecule has 44 heavy (non-hydrogen) atoms. The van der Waals surface area contributed by atoms with E-state index in [1.165, 1.54) is 41.5 Å². The number of halogens is 5. The highest BCUT2D eigenvalue weighted by molar-refractivity contribution is 7.93. The summed E-state index contributed by atoms with van der Waals surface area (Å²) >= 11 is 0. The average molecular weight is 645 g/mol. The van der Waals surface area contributed by atoms with E-state index in [1.54, 1.807) is 0 Å². The first kappa shape index (κ1) is 34.3. The normalized spacial score (nSPS) is 17.8. The number of hydrogen-bond donors (Lipinski definition) is 3. The molecule has 17 heteroatoms. The van der Waals surface area contributed by atoms with Crippen LogP contribution in [0.1, 0.15) is 46.4 Å². The van der Waals surface area contributed by atoms with Crippen LogP contribution in [0.2, 0.25) is 0 Å². The fraction of sp³-hybridized carbons (Fsp3) is 0.444. The van der Waals surface area contributed by atoms with Gasteiger partial charge < -0.3 is 20.6 Å². The van der Waals surface area contributed by atoms with Gasteiger partial charge in [0.15, 0.2) is 5.69 Å². The number of nitriles is 1. The summed E-state index contributed by atoms with van der Waals surface area (Å²) in [5.41, 5.74) is -2.98. The number of nitrogens with one attached hydrogen (secondary N) is 2. The van der Waals surface area contributed by atoms with E-state index in [9.17, 15) is 41.0 Å². The third-order valence-corrected chi connectivity index (χ3v) is 8.63. The van der Waals surface area contributed by atoms with Gasteiger partial charge in [0.25, 0.3) is 18.3 Å². The minimum atomic E-state index is -5.04. The van der Waals surface area contributed by atoms with Crippen molar-refractivity contribution in [3.8, 4) is 6.07 Å². The minimum Gasteiger partial charge on any atom is -0.483 e. The van der Waals surface area contributed by atoms with Gasteiger partial charge in [0, 0.05) is 55.9 Å². The van der Waals surface area contributed by atoms with Crippen LogP contribution < -0.4 is 15.5 Å². The number of alkyl halides is 5. The third-order valence-electron chi connectivity index (χ3n) is 6.98. The second kappa shape index (κ2) is 13.6. The molecule has 3 N–H and O–H groups in total. The molecular formula is C27H29F5N6O5S. The van der Waals surface area contributed by atoms with Crippen LogP contribution in [0.4, 0.5) is 33.5 Å². The van der Waals surface area contributed by atoms with Gasteiger partial charge in [-0.25, -0.2) is 18.0 Å². The molecule has 2 aliphatic rings. The zero-order valence-corrected chi connectivity index (χ0v) is 24.4. The summed E-state index contributed by atoms with van der Waals surface area (Å²) < 4.78 is 86.7. The van der Waals surface area contributed by atoms with Gasteiger partial charge in [-0.05, 0) is 37.1 Å². The van der Waals surface area contributed by atoms with Crippen molar-refractivity contribution in [2.45, 2.75) is 43.2 Å². The lowest BCUT2D eigenvalue weighted by atomic mass is 10.00. The number of nitrogens with zero attached hydrogens (tertiary/aromatic N) is 4. The van der Waals surface area contributed by atoms with E-state index in [2.05, 4.69) is 20.0 Å². The van der Waals surface area contributed by atoms with Crippen molar-refractivity contribution in [1.29, 1.82) is 5.26 Å². The Bertz CT molecular complexity index is 1600. The molecule has 3 heterocycles. The molecule has 2 fully saturated rings. The van der Waals surface area contributed by atoms with Crippen molar-refractivity contribution in [1.82, 2.24) is 10.3 Å². The van der Waals surface area contributed by atoms with E-state index >= 15 is 0 Å². The molecular weight excluding hydrogens is 615 g/mol. The van der Waals surface area contributed by atoms with Crippen LogP contribution in [-0.2, 0) is 25.5 Å². The van der Waals surface area contributed by atoms with Crippen LogP contribution in [0.25, 0.3) is 0 Å². The Hall–Kier alpha value is -4.17. The monoisotopic (exact) mass is 644 g/mol. The molecule has 4 rings (SSSR count). The first-order chi connectivity index (χ1) is 20.5. The van der Waals surface area contributed by atoms with E-state index in [4.69, 9.17) is 9.90 Å². The topological polar surface area (TPSA) is 165 Å². The maximum atomic E-state index is 14.0. The summed E-state index contributed by atoms with van der Waals surface area (Å²) in [5.74, 6) is -5.33. The molecule has 2 aliphatic heterocycles. The van der Waals surface area contributed by atoms with Gasteiger partial charge in [-0.3, -0.25) is 14.4 Å². The summed E-state index contributed by atoms with van der Waals surface area (Å²) in [4.78, 5) is 39.2. The predicted octanol–water partition coefficient (Wildman–Crippen LogP) is 4.06. The van der Waals surface area contributed by atoms with Gasteiger partial charge in [0.1, 0.15) is 11.9 Å². The van der Waals surface area contributed by atoms with E-state index in [-0.39, 0.29) is 53.6 Å². The minimum absolute atomic E-state index is 0.0534. The maximum absolute atomic E-state index is 14.0. The number of hydrogen-bond acceptors (Lipinski definition) is 8. The van der Waals surface area contributed by atoms with E-state index in [0.717, 1.165) is 6.92 Å². The van der Waals surface area contributed by atoms with Gasteiger partial charge in [-0.2, -0.15) is 22.8 Å². The Morgan fingerprint density at radius 3 is 2.50 bits per heavy atom. The lowest BCUT2D eigenvalue weighted by Gasteiger charge is -2.27. The van der Waals surface area contributed by atoms with Gasteiger partial charge in [0.05, 0.1) is 26.8 Å². The predicted molar refractivity (Wildman–Crippen MR) is 149 cm³/mol. The molecule has 0 bridgehead atoms. The molecule has 2 saturated heterocycles. The summed E-state index contributed by atoms with van der Waals surface area (Å²) in [6.45, 7) is 1.33. The number of carboxylic acid groups (broad SMARTS) is 1. The molecule has 0 spiro atoms. The lowest BCUT2D eigenvalue weighted by molar-refractivity contribution is -0.141. The Morgan fingerprint density at radius 2 is 1.93 bits per heavy atom.